The fraction of sp³-hybridized carbons (Fsp3) is 0.375. The predicted molar refractivity (Wildman–Crippen MR) is 86.2 cm³/mol. The van der Waals surface area contributed by atoms with Crippen molar-refractivity contribution in [3.63, 3.8) is 0 Å². The fourth-order valence-electron chi connectivity index (χ4n) is 2.80. The highest BCUT2D eigenvalue weighted by atomic mass is 35.5. The summed E-state index contributed by atoms with van der Waals surface area (Å²) in [6.07, 6.45) is -0.336. The van der Waals surface area contributed by atoms with Gasteiger partial charge in [-0.3, -0.25) is 0 Å². The van der Waals surface area contributed by atoms with Crippen LogP contribution in [0, 0.1) is 0 Å². The number of halogens is 4. The van der Waals surface area contributed by atoms with E-state index in [0.717, 1.165) is 18.9 Å². The van der Waals surface area contributed by atoms with Crippen molar-refractivity contribution in [1.29, 1.82) is 0 Å². The van der Waals surface area contributed by atoms with E-state index < -0.39 is 17.3 Å². The standard InChI is InChI=1S/C16H16F3N3O.ClH/c17-16(18,19)12(11-6-2-1-3-7-11)10-13-21-14(22-23-13)15(20)8-4-5-9-15;/h1-3,6-7,10H,4-5,8-9,20H2;1H/b12-10-;. The van der Waals surface area contributed by atoms with Gasteiger partial charge < -0.3 is 10.3 Å². The van der Waals surface area contributed by atoms with Gasteiger partial charge in [0, 0.05) is 6.08 Å². The van der Waals surface area contributed by atoms with Crippen LogP contribution in [0.15, 0.2) is 34.9 Å². The minimum atomic E-state index is -4.52. The summed E-state index contributed by atoms with van der Waals surface area (Å²) < 4.78 is 44.8. The molecule has 8 heteroatoms. The molecule has 0 unspecified atom stereocenters. The molecule has 2 N–H and O–H groups in total. The molecule has 0 atom stereocenters. The van der Waals surface area contributed by atoms with Crippen molar-refractivity contribution in [3.05, 3.63) is 47.6 Å². The van der Waals surface area contributed by atoms with Crippen LogP contribution in [0.5, 0.6) is 0 Å². The monoisotopic (exact) mass is 359 g/mol. The fourth-order valence-corrected chi connectivity index (χ4v) is 2.80. The number of aromatic nitrogens is 2. The molecule has 24 heavy (non-hydrogen) atoms. The molecule has 1 fully saturated rings. The molecule has 1 aliphatic carbocycles. The van der Waals surface area contributed by atoms with E-state index in [-0.39, 0.29) is 29.7 Å². The Morgan fingerprint density at radius 3 is 2.38 bits per heavy atom. The zero-order valence-electron chi connectivity index (χ0n) is 12.7. The van der Waals surface area contributed by atoms with E-state index in [1.54, 1.807) is 18.2 Å². The lowest BCUT2D eigenvalue weighted by molar-refractivity contribution is -0.0683. The maximum absolute atomic E-state index is 13.3. The number of allylic oxidation sites excluding steroid dienone is 1. The Hall–Kier alpha value is -1.86. The molecule has 1 aliphatic rings. The van der Waals surface area contributed by atoms with Crippen molar-refractivity contribution in [2.75, 3.05) is 0 Å². The van der Waals surface area contributed by atoms with E-state index in [1.807, 2.05) is 0 Å². The first kappa shape index (κ1) is 18.5. The van der Waals surface area contributed by atoms with Crippen LogP contribution in [0.4, 0.5) is 13.2 Å². The molecule has 1 heterocycles. The molecule has 0 amide bonds. The molecule has 3 rings (SSSR count). The second-order valence-electron chi connectivity index (χ2n) is 5.74. The highest BCUT2D eigenvalue weighted by molar-refractivity contribution is 5.85. The van der Waals surface area contributed by atoms with E-state index in [9.17, 15) is 13.2 Å². The third kappa shape index (κ3) is 3.79. The normalized spacial score (nSPS) is 17.6. The third-order valence-electron chi connectivity index (χ3n) is 4.04. The maximum atomic E-state index is 13.3. The van der Waals surface area contributed by atoms with Crippen LogP contribution >= 0.6 is 12.4 Å². The second kappa shape index (κ2) is 6.94. The molecule has 0 radical (unpaired) electrons. The Bertz CT molecular complexity index is 707. The maximum Gasteiger partial charge on any atom is 0.417 e. The highest BCUT2D eigenvalue weighted by Gasteiger charge is 2.37. The first-order chi connectivity index (χ1) is 10.9. The molecule has 0 spiro atoms. The number of hydrogen-bond donors (Lipinski definition) is 1. The van der Waals surface area contributed by atoms with Gasteiger partial charge in [-0.2, -0.15) is 18.2 Å². The van der Waals surface area contributed by atoms with E-state index in [1.165, 1.54) is 12.1 Å². The quantitative estimate of drug-likeness (QED) is 0.886. The van der Waals surface area contributed by atoms with Gasteiger partial charge in [0.25, 0.3) is 5.89 Å². The highest BCUT2D eigenvalue weighted by Crippen LogP contribution is 2.37. The minimum absolute atomic E-state index is 0. The summed E-state index contributed by atoms with van der Waals surface area (Å²) in [6, 6.07) is 7.51. The van der Waals surface area contributed by atoms with Gasteiger partial charge in [0.05, 0.1) is 11.1 Å². The number of alkyl halides is 3. The molecule has 1 saturated carbocycles. The van der Waals surface area contributed by atoms with Crippen molar-refractivity contribution in [2.24, 2.45) is 5.73 Å². The lowest BCUT2D eigenvalue weighted by Crippen LogP contribution is -2.34. The number of benzene rings is 1. The van der Waals surface area contributed by atoms with Gasteiger partial charge in [0.15, 0.2) is 5.82 Å². The van der Waals surface area contributed by atoms with Crippen molar-refractivity contribution in [2.45, 2.75) is 37.4 Å². The first-order valence-electron chi connectivity index (χ1n) is 7.36. The smallest absolute Gasteiger partial charge is 0.335 e. The van der Waals surface area contributed by atoms with Gasteiger partial charge in [-0.15, -0.1) is 12.4 Å². The van der Waals surface area contributed by atoms with Crippen LogP contribution in [-0.4, -0.2) is 16.3 Å². The average molecular weight is 360 g/mol. The van der Waals surface area contributed by atoms with Crippen LogP contribution in [0.3, 0.4) is 0 Å². The van der Waals surface area contributed by atoms with E-state index in [2.05, 4.69) is 10.1 Å². The lowest BCUT2D eigenvalue weighted by atomic mass is 9.99. The molecule has 130 valence electrons. The van der Waals surface area contributed by atoms with E-state index >= 15 is 0 Å². The second-order valence-corrected chi connectivity index (χ2v) is 5.74. The minimum Gasteiger partial charge on any atom is -0.335 e. The van der Waals surface area contributed by atoms with Gasteiger partial charge >= 0.3 is 6.18 Å². The molecular weight excluding hydrogens is 343 g/mol. The van der Waals surface area contributed by atoms with E-state index in [4.69, 9.17) is 10.3 Å². The molecular formula is C16H17ClF3N3O. The summed E-state index contributed by atoms with van der Waals surface area (Å²) in [5.74, 6) is 0.0868. The Morgan fingerprint density at radius 1 is 1.17 bits per heavy atom. The number of hydrogen-bond acceptors (Lipinski definition) is 4. The van der Waals surface area contributed by atoms with Gasteiger partial charge in [-0.25, -0.2) is 0 Å². The SMILES string of the molecule is Cl.NC1(c2noc(/C=C(/c3ccccc3)C(F)(F)F)n2)CCCC1. The number of nitrogens with zero attached hydrogens (tertiary/aromatic N) is 2. The summed E-state index contributed by atoms with van der Waals surface area (Å²) in [6.45, 7) is 0. The zero-order chi connectivity index (χ0) is 16.5. The summed E-state index contributed by atoms with van der Waals surface area (Å²) in [5.41, 5.74) is 4.72. The summed E-state index contributed by atoms with van der Waals surface area (Å²) in [7, 11) is 0. The summed E-state index contributed by atoms with van der Waals surface area (Å²) in [5, 5.41) is 3.78. The molecule has 0 aliphatic heterocycles. The largest absolute Gasteiger partial charge is 0.417 e. The summed E-state index contributed by atoms with van der Waals surface area (Å²) in [4.78, 5) is 4.06. The van der Waals surface area contributed by atoms with E-state index in [0.29, 0.717) is 12.8 Å². The van der Waals surface area contributed by atoms with Crippen molar-refractivity contribution < 1.29 is 17.7 Å². The third-order valence-corrected chi connectivity index (χ3v) is 4.04. The van der Waals surface area contributed by atoms with Gasteiger partial charge in [0.1, 0.15) is 0 Å². The van der Waals surface area contributed by atoms with Crippen molar-refractivity contribution in [1.82, 2.24) is 10.1 Å². The Kier molecular flexibility index (Phi) is 5.35. The Balaban J connectivity index is 0.00000208. The molecule has 0 saturated heterocycles. The van der Waals surface area contributed by atoms with Crippen molar-refractivity contribution in [3.8, 4) is 0 Å². The summed E-state index contributed by atoms with van der Waals surface area (Å²) >= 11 is 0. The zero-order valence-corrected chi connectivity index (χ0v) is 13.5. The lowest BCUT2D eigenvalue weighted by Gasteiger charge is -2.17. The van der Waals surface area contributed by atoms with Crippen LogP contribution in [0.25, 0.3) is 11.6 Å². The van der Waals surface area contributed by atoms with Crippen LogP contribution in [0.2, 0.25) is 0 Å². The topological polar surface area (TPSA) is 64.9 Å². The number of rotatable bonds is 3. The molecule has 2 aromatic rings. The van der Waals surface area contributed by atoms with Gasteiger partial charge in [0.2, 0.25) is 0 Å². The predicted octanol–water partition coefficient (Wildman–Crippen LogP) is 4.32. The molecule has 4 nitrogen and oxygen atoms in total. The van der Waals surface area contributed by atoms with Crippen LogP contribution in [0.1, 0.15) is 43.0 Å². The Labute approximate surface area is 143 Å². The molecule has 1 aromatic heterocycles. The average Bonchev–Trinajstić information content (AvgIpc) is 3.14. The van der Waals surface area contributed by atoms with Gasteiger partial charge in [-0.1, -0.05) is 48.3 Å². The van der Waals surface area contributed by atoms with Crippen molar-refractivity contribution >= 4 is 24.1 Å². The van der Waals surface area contributed by atoms with Crippen LogP contribution < -0.4 is 5.73 Å². The Morgan fingerprint density at radius 2 is 1.79 bits per heavy atom. The first-order valence-corrected chi connectivity index (χ1v) is 7.36. The molecule has 1 aromatic carbocycles. The number of nitrogens with two attached hydrogens (primary N) is 1. The van der Waals surface area contributed by atoms with Gasteiger partial charge in [-0.05, 0) is 18.4 Å². The van der Waals surface area contributed by atoms with Crippen LogP contribution in [-0.2, 0) is 5.54 Å². The molecule has 0 bridgehead atoms.